The Labute approximate surface area is 103 Å². The number of nitrogens with zero attached hydrogens (tertiary/aromatic N) is 1. The van der Waals surface area contributed by atoms with Gasteiger partial charge in [-0.3, -0.25) is 4.79 Å². The van der Waals surface area contributed by atoms with E-state index in [1.807, 2.05) is 0 Å². The molecule has 1 aromatic rings. The Hall–Kier alpha value is -1.72. The van der Waals surface area contributed by atoms with Gasteiger partial charge in [0, 0.05) is 31.7 Å². The van der Waals surface area contributed by atoms with E-state index in [1.54, 1.807) is 11.0 Å². The molecule has 0 bridgehead atoms. The van der Waals surface area contributed by atoms with Gasteiger partial charge in [0.15, 0.2) is 0 Å². The van der Waals surface area contributed by atoms with Crippen molar-refractivity contribution in [1.29, 1.82) is 0 Å². The number of hydrogen-bond donors (Lipinski definition) is 1. The molecular formula is C12H13F3N2O. The van der Waals surface area contributed by atoms with Crippen molar-refractivity contribution in [2.75, 3.05) is 24.5 Å². The monoisotopic (exact) mass is 258 g/mol. The fourth-order valence-corrected chi connectivity index (χ4v) is 1.90. The first kappa shape index (κ1) is 12.7. The van der Waals surface area contributed by atoms with Gasteiger partial charge < -0.3 is 10.2 Å². The molecule has 0 saturated carbocycles. The highest BCUT2D eigenvalue weighted by Gasteiger charge is 2.30. The highest BCUT2D eigenvalue weighted by Crippen LogP contribution is 2.31. The van der Waals surface area contributed by atoms with Crippen molar-refractivity contribution in [3.63, 3.8) is 0 Å². The van der Waals surface area contributed by atoms with E-state index >= 15 is 0 Å². The van der Waals surface area contributed by atoms with E-state index in [0.29, 0.717) is 31.7 Å². The summed E-state index contributed by atoms with van der Waals surface area (Å²) in [5, 5.41) is 2.69. The van der Waals surface area contributed by atoms with Crippen LogP contribution in [0, 0.1) is 0 Å². The number of halogens is 3. The standard InChI is InChI=1S/C12H13F3N2O/c13-12(14,15)9-2-1-3-10(8-9)17-6-4-11(18)16-5-7-17/h1-3,8H,4-7H2,(H,16,18). The summed E-state index contributed by atoms with van der Waals surface area (Å²) in [6.07, 6.45) is -4.04. The largest absolute Gasteiger partial charge is 0.416 e. The van der Waals surface area contributed by atoms with Gasteiger partial charge >= 0.3 is 6.18 Å². The third kappa shape index (κ3) is 2.94. The molecule has 1 aliphatic heterocycles. The molecule has 1 fully saturated rings. The van der Waals surface area contributed by atoms with Gasteiger partial charge in [0.05, 0.1) is 5.56 Å². The Morgan fingerprint density at radius 3 is 2.72 bits per heavy atom. The second kappa shape index (κ2) is 4.88. The number of carbonyl (C=O) groups excluding carboxylic acids is 1. The molecule has 0 atom stereocenters. The number of benzene rings is 1. The Morgan fingerprint density at radius 2 is 2.00 bits per heavy atom. The minimum absolute atomic E-state index is 0.0653. The number of nitrogens with one attached hydrogen (secondary N) is 1. The number of rotatable bonds is 1. The van der Waals surface area contributed by atoms with Gasteiger partial charge in [-0.05, 0) is 18.2 Å². The smallest absolute Gasteiger partial charge is 0.369 e. The minimum atomic E-state index is -4.34. The maximum absolute atomic E-state index is 12.6. The van der Waals surface area contributed by atoms with Crippen LogP contribution in [-0.4, -0.2) is 25.5 Å². The zero-order chi connectivity index (χ0) is 13.2. The van der Waals surface area contributed by atoms with Gasteiger partial charge in [-0.25, -0.2) is 0 Å². The third-order valence-electron chi connectivity index (χ3n) is 2.85. The lowest BCUT2D eigenvalue weighted by molar-refractivity contribution is -0.137. The SMILES string of the molecule is O=C1CCN(c2cccc(C(F)(F)F)c2)CCN1. The predicted octanol–water partition coefficient (Wildman–Crippen LogP) is 2.03. The topological polar surface area (TPSA) is 32.3 Å². The number of carbonyl (C=O) groups is 1. The average molecular weight is 258 g/mol. The molecule has 1 aromatic carbocycles. The molecule has 0 unspecified atom stereocenters. The number of hydrogen-bond acceptors (Lipinski definition) is 2. The van der Waals surface area contributed by atoms with E-state index in [2.05, 4.69) is 5.32 Å². The maximum atomic E-state index is 12.6. The molecule has 98 valence electrons. The lowest BCUT2D eigenvalue weighted by atomic mass is 10.1. The molecule has 1 amide bonds. The molecule has 1 saturated heterocycles. The van der Waals surface area contributed by atoms with Crippen molar-refractivity contribution >= 4 is 11.6 Å². The van der Waals surface area contributed by atoms with Crippen LogP contribution in [0.5, 0.6) is 0 Å². The van der Waals surface area contributed by atoms with Crippen molar-refractivity contribution in [3.05, 3.63) is 29.8 Å². The molecule has 1 N–H and O–H groups in total. The van der Waals surface area contributed by atoms with E-state index in [1.165, 1.54) is 6.07 Å². The molecule has 0 aromatic heterocycles. The van der Waals surface area contributed by atoms with E-state index in [9.17, 15) is 18.0 Å². The van der Waals surface area contributed by atoms with E-state index in [-0.39, 0.29) is 5.91 Å². The van der Waals surface area contributed by atoms with E-state index < -0.39 is 11.7 Å². The van der Waals surface area contributed by atoms with Crippen molar-refractivity contribution in [3.8, 4) is 0 Å². The van der Waals surface area contributed by atoms with Crippen LogP contribution in [0.25, 0.3) is 0 Å². The average Bonchev–Trinajstić information content (AvgIpc) is 2.53. The van der Waals surface area contributed by atoms with Crippen LogP contribution < -0.4 is 10.2 Å². The van der Waals surface area contributed by atoms with Crippen molar-refractivity contribution in [2.45, 2.75) is 12.6 Å². The van der Waals surface area contributed by atoms with Crippen LogP contribution in [-0.2, 0) is 11.0 Å². The van der Waals surface area contributed by atoms with Crippen LogP contribution in [0.4, 0.5) is 18.9 Å². The van der Waals surface area contributed by atoms with Crippen LogP contribution in [0.3, 0.4) is 0 Å². The van der Waals surface area contributed by atoms with Gasteiger partial charge in [-0.1, -0.05) is 6.07 Å². The van der Waals surface area contributed by atoms with Gasteiger partial charge in [0.2, 0.25) is 5.91 Å². The van der Waals surface area contributed by atoms with Crippen LogP contribution in [0.2, 0.25) is 0 Å². The molecule has 1 aliphatic rings. The molecule has 3 nitrogen and oxygen atoms in total. The molecule has 6 heteroatoms. The van der Waals surface area contributed by atoms with Crippen molar-refractivity contribution < 1.29 is 18.0 Å². The zero-order valence-electron chi connectivity index (χ0n) is 9.63. The first-order chi connectivity index (χ1) is 8.47. The minimum Gasteiger partial charge on any atom is -0.369 e. The molecule has 0 aliphatic carbocycles. The second-order valence-corrected chi connectivity index (χ2v) is 4.14. The highest BCUT2D eigenvalue weighted by molar-refractivity contribution is 5.77. The lowest BCUT2D eigenvalue weighted by Crippen LogP contribution is -2.28. The van der Waals surface area contributed by atoms with Crippen molar-refractivity contribution in [2.24, 2.45) is 0 Å². The molecule has 2 rings (SSSR count). The quantitative estimate of drug-likeness (QED) is 0.836. The summed E-state index contributed by atoms with van der Waals surface area (Å²) in [4.78, 5) is 13.0. The molecule has 0 radical (unpaired) electrons. The Kier molecular flexibility index (Phi) is 3.45. The van der Waals surface area contributed by atoms with Gasteiger partial charge in [0.25, 0.3) is 0 Å². The van der Waals surface area contributed by atoms with Gasteiger partial charge in [-0.15, -0.1) is 0 Å². The molecular weight excluding hydrogens is 245 g/mol. The normalized spacial score (nSPS) is 17.3. The van der Waals surface area contributed by atoms with E-state index in [0.717, 1.165) is 12.1 Å². The summed E-state index contributed by atoms with van der Waals surface area (Å²) in [6, 6.07) is 5.18. The summed E-state index contributed by atoms with van der Waals surface area (Å²) in [5.74, 6) is -0.0653. The first-order valence-corrected chi connectivity index (χ1v) is 5.66. The molecule has 0 spiro atoms. The first-order valence-electron chi connectivity index (χ1n) is 5.66. The Bertz CT molecular complexity index is 445. The maximum Gasteiger partial charge on any atom is 0.416 e. The number of anilines is 1. The van der Waals surface area contributed by atoms with Gasteiger partial charge in [0.1, 0.15) is 0 Å². The Balaban J connectivity index is 2.20. The van der Waals surface area contributed by atoms with Crippen LogP contribution in [0.15, 0.2) is 24.3 Å². The summed E-state index contributed by atoms with van der Waals surface area (Å²) in [6.45, 7) is 1.41. The van der Waals surface area contributed by atoms with Crippen LogP contribution in [0.1, 0.15) is 12.0 Å². The second-order valence-electron chi connectivity index (χ2n) is 4.14. The lowest BCUT2D eigenvalue weighted by Gasteiger charge is -2.22. The van der Waals surface area contributed by atoms with Crippen molar-refractivity contribution in [1.82, 2.24) is 5.32 Å². The summed E-state index contributed by atoms with van der Waals surface area (Å²) >= 11 is 0. The zero-order valence-corrected chi connectivity index (χ0v) is 9.63. The number of amides is 1. The molecule has 1 heterocycles. The van der Waals surface area contributed by atoms with Gasteiger partial charge in [-0.2, -0.15) is 13.2 Å². The fourth-order valence-electron chi connectivity index (χ4n) is 1.90. The summed E-state index contributed by atoms with van der Waals surface area (Å²) < 4.78 is 37.8. The fraction of sp³-hybridized carbons (Fsp3) is 0.417. The molecule has 18 heavy (non-hydrogen) atoms. The number of alkyl halides is 3. The van der Waals surface area contributed by atoms with Crippen LogP contribution >= 0.6 is 0 Å². The van der Waals surface area contributed by atoms with E-state index in [4.69, 9.17) is 0 Å². The highest BCUT2D eigenvalue weighted by atomic mass is 19.4. The predicted molar refractivity (Wildman–Crippen MR) is 61.3 cm³/mol. The summed E-state index contributed by atoms with van der Waals surface area (Å²) in [5.41, 5.74) is -0.162. The summed E-state index contributed by atoms with van der Waals surface area (Å²) in [7, 11) is 0. The third-order valence-corrected chi connectivity index (χ3v) is 2.85. The Morgan fingerprint density at radius 1 is 1.22 bits per heavy atom.